The third-order valence-corrected chi connectivity index (χ3v) is 8.20. The molecular formula is C36H36FNO4. The Balaban J connectivity index is 1.30. The number of ether oxygens (including phenoxy) is 4. The van der Waals surface area contributed by atoms with Gasteiger partial charge in [-0.15, -0.1) is 0 Å². The maximum absolute atomic E-state index is 15.8. The molecule has 42 heavy (non-hydrogen) atoms. The van der Waals surface area contributed by atoms with Crippen molar-refractivity contribution in [3.63, 3.8) is 0 Å². The Bertz CT molecular complexity index is 1530. The third-order valence-electron chi connectivity index (χ3n) is 8.20. The highest BCUT2D eigenvalue weighted by atomic mass is 19.1. The molecule has 4 aromatic rings. The number of piperidine rings is 1. The molecule has 6 rings (SSSR count). The van der Waals surface area contributed by atoms with Gasteiger partial charge in [-0.25, -0.2) is 4.39 Å². The van der Waals surface area contributed by atoms with E-state index in [2.05, 4.69) is 11.0 Å². The van der Waals surface area contributed by atoms with Crippen LogP contribution in [-0.4, -0.2) is 33.6 Å². The van der Waals surface area contributed by atoms with Gasteiger partial charge < -0.3 is 23.8 Å². The summed E-state index contributed by atoms with van der Waals surface area (Å²) >= 11 is 0. The van der Waals surface area contributed by atoms with Crippen molar-refractivity contribution in [3.05, 3.63) is 131 Å². The highest BCUT2D eigenvalue weighted by molar-refractivity contribution is 5.98. The quantitative estimate of drug-likeness (QED) is 0.195. The molecule has 0 N–H and O–H groups in total. The maximum Gasteiger partial charge on any atom is 0.159 e. The maximum atomic E-state index is 15.8. The second-order valence-corrected chi connectivity index (χ2v) is 10.8. The Morgan fingerprint density at radius 3 is 2.24 bits per heavy atom. The predicted molar refractivity (Wildman–Crippen MR) is 164 cm³/mol. The largest absolute Gasteiger partial charge is 0.489 e. The van der Waals surface area contributed by atoms with Gasteiger partial charge in [0, 0.05) is 49.9 Å². The molecule has 0 aliphatic carbocycles. The number of hydrogen-bond acceptors (Lipinski definition) is 5. The lowest BCUT2D eigenvalue weighted by atomic mass is 9.89. The zero-order chi connectivity index (χ0) is 28.9. The van der Waals surface area contributed by atoms with Crippen LogP contribution < -0.4 is 9.64 Å². The SMILES string of the molecule is COC(OC)C1CCN(c2ccc(C3=C(c4ccccc4)OCc4cc(OCc5ccccc5)ccc43)cc2F)CC1. The van der Waals surface area contributed by atoms with Gasteiger partial charge in [-0.05, 0) is 53.8 Å². The normalized spacial score (nSPS) is 15.5. The van der Waals surface area contributed by atoms with Crippen LogP contribution in [-0.2, 0) is 27.4 Å². The molecule has 0 radical (unpaired) electrons. The number of hydrogen-bond donors (Lipinski definition) is 0. The number of fused-ring (bicyclic) bond motifs is 1. The van der Waals surface area contributed by atoms with Crippen LogP contribution in [0.2, 0.25) is 0 Å². The van der Waals surface area contributed by atoms with Crippen LogP contribution in [0.25, 0.3) is 11.3 Å². The molecule has 0 saturated carbocycles. The number of nitrogens with zero attached hydrogens (tertiary/aromatic N) is 1. The number of methoxy groups -OCH3 is 2. The molecule has 216 valence electrons. The van der Waals surface area contributed by atoms with Gasteiger partial charge in [0.05, 0.1) is 5.69 Å². The first-order valence-corrected chi connectivity index (χ1v) is 14.5. The van der Waals surface area contributed by atoms with E-state index < -0.39 is 0 Å². The molecule has 4 aromatic carbocycles. The van der Waals surface area contributed by atoms with Crippen molar-refractivity contribution in [1.82, 2.24) is 0 Å². The molecular weight excluding hydrogens is 529 g/mol. The third kappa shape index (κ3) is 5.91. The van der Waals surface area contributed by atoms with Gasteiger partial charge in [0.2, 0.25) is 0 Å². The van der Waals surface area contributed by atoms with Crippen LogP contribution in [0.4, 0.5) is 10.1 Å². The van der Waals surface area contributed by atoms with E-state index in [0.29, 0.717) is 24.8 Å². The van der Waals surface area contributed by atoms with Crippen molar-refractivity contribution in [3.8, 4) is 5.75 Å². The lowest BCUT2D eigenvalue weighted by molar-refractivity contribution is -0.141. The van der Waals surface area contributed by atoms with Crippen molar-refractivity contribution in [1.29, 1.82) is 0 Å². The number of rotatable bonds is 9. The van der Waals surface area contributed by atoms with E-state index in [1.54, 1.807) is 20.3 Å². The van der Waals surface area contributed by atoms with Gasteiger partial charge in [-0.2, -0.15) is 0 Å². The number of anilines is 1. The Kier molecular flexibility index (Phi) is 8.54. The summed E-state index contributed by atoms with van der Waals surface area (Å²) in [7, 11) is 3.34. The summed E-state index contributed by atoms with van der Waals surface area (Å²) in [6.07, 6.45) is 1.54. The summed E-state index contributed by atoms with van der Waals surface area (Å²) in [4.78, 5) is 2.12. The Morgan fingerprint density at radius 1 is 0.833 bits per heavy atom. The Labute approximate surface area is 247 Å². The van der Waals surface area contributed by atoms with Crippen molar-refractivity contribution in [2.24, 2.45) is 5.92 Å². The van der Waals surface area contributed by atoms with Crippen LogP contribution in [0.1, 0.15) is 40.7 Å². The molecule has 2 heterocycles. The lowest BCUT2D eigenvalue weighted by Crippen LogP contribution is -2.39. The van der Waals surface area contributed by atoms with E-state index in [0.717, 1.165) is 70.8 Å². The fraction of sp³-hybridized carbons (Fsp3) is 0.278. The van der Waals surface area contributed by atoms with Gasteiger partial charge in [-0.1, -0.05) is 72.8 Å². The molecule has 2 aliphatic heterocycles. The van der Waals surface area contributed by atoms with Crippen LogP contribution in [0.15, 0.2) is 97.1 Å². The van der Waals surface area contributed by atoms with Gasteiger partial charge in [0.15, 0.2) is 6.29 Å². The molecule has 1 fully saturated rings. The van der Waals surface area contributed by atoms with Gasteiger partial charge >= 0.3 is 0 Å². The monoisotopic (exact) mass is 565 g/mol. The van der Waals surface area contributed by atoms with E-state index in [4.69, 9.17) is 18.9 Å². The summed E-state index contributed by atoms with van der Waals surface area (Å²) in [6.45, 7) is 2.39. The average Bonchev–Trinajstić information content (AvgIpc) is 3.05. The summed E-state index contributed by atoms with van der Waals surface area (Å²) in [5.74, 6) is 1.59. The van der Waals surface area contributed by atoms with E-state index in [1.165, 1.54) is 0 Å². The van der Waals surface area contributed by atoms with Crippen LogP contribution in [0.3, 0.4) is 0 Å². The lowest BCUT2D eigenvalue weighted by Gasteiger charge is -2.36. The van der Waals surface area contributed by atoms with Crippen LogP contribution in [0, 0.1) is 11.7 Å². The highest BCUT2D eigenvalue weighted by Crippen LogP contribution is 2.41. The minimum Gasteiger partial charge on any atom is -0.489 e. The summed E-state index contributed by atoms with van der Waals surface area (Å²) in [5, 5.41) is 0. The van der Waals surface area contributed by atoms with Gasteiger partial charge in [0.1, 0.15) is 30.5 Å². The fourth-order valence-corrected chi connectivity index (χ4v) is 6.02. The molecule has 0 unspecified atom stereocenters. The fourth-order valence-electron chi connectivity index (χ4n) is 6.02. The summed E-state index contributed by atoms with van der Waals surface area (Å²) in [6, 6.07) is 31.7. The predicted octanol–water partition coefficient (Wildman–Crippen LogP) is 7.69. The number of halogens is 1. The Hall–Kier alpha value is -4.13. The number of benzene rings is 4. The zero-order valence-electron chi connectivity index (χ0n) is 24.1. The molecule has 0 amide bonds. The molecule has 0 bridgehead atoms. The van der Waals surface area contributed by atoms with Crippen LogP contribution in [0.5, 0.6) is 5.75 Å². The van der Waals surface area contributed by atoms with Gasteiger partial charge in [0.25, 0.3) is 0 Å². The summed E-state index contributed by atoms with van der Waals surface area (Å²) < 4.78 is 39.2. The molecule has 5 nitrogen and oxygen atoms in total. The minimum absolute atomic E-state index is 0.224. The van der Waals surface area contributed by atoms with E-state index >= 15 is 4.39 Å². The van der Waals surface area contributed by atoms with Crippen molar-refractivity contribution < 1.29 is 23.3 Å². The zero-order valence-corrected chi connectivity index (χ0v) is 24.1. The highest BCUT2D eigenvalue weighted by Gasteiger charge is 2.29. The van der Waals surface area contributed by atoms with Crippen LogP contribution >= 0.6 is 0 Å². The molecule has 0 spiro atoms. The molecule has 2 aliphatic rings. The van der Waals surface area contributed by atoms with E-state index in [-0.39, 0.29) is 12.1 Å². The first-order chi connectivity index (χ1) is 20.6. The van der Waals surface area contributed by atoms with E-state index in [1.807, 2.05) is 84.9 Å². The topological polar surface area (TPSA) is 40.2 Å². The van der Waals surface area contributed by atoms with E-state index in [9.17, 15) is 0 Å². The molecule has 1 saturated heterocycles. The molecule has 0 aromatic heterocycles. The molecule has 6 heteroatoms. The minimum atomic E-state index is -0.240. The smallest absolute Gasteiger partial charge is 0.159 e. The molecule has 0 atom stereocenters. The standard InChI is InChI=1S/C36H36FNO4/c1-39-36(40-2)27-17-19-38(20-18-27)33-16-13-28(22-32(33)37)34-31-15-14-30(41-23-25-9-5-3-6-10-25)21-29(31)24-42-35(34)26-11-7-4-8-12-26/h3-16,21-22,27,36H,17-20,23-24H2,1-2H3. The first-order valence-electron chi connectivity index (χ1n) is 14.5. The van der Waals surface area contributed by atoms with Crippen molar-refractivity contribution in [2.45, 2.75) is 32.3 Å². The van der Waals surface area contributed by atoms with Crippen molar-refractivity contribution >= 4 is 17.0 Å². The summed E-state index contributed by atoms with van der Waals surface area (Å²) in [5.41, 5.74) is 6.37. The second kappa shape index (κ2) is 12.8. The second-order valence-electron chi connectivity index (χ2n) is 10.8. The first kappa shape index (κ1) is 28.0. The van der Waals surface area contributed by atoms with Crippen molar-refractivity contribution in [2.75, 3.05) is 32.2 Å². The van der Waals surface area contributed by atoms with Gasteiger partial charge in [-0.3, -0.25) is 0 Å². The average molecular weight is 566 g/mol. The Morgan fingerprint density at radius 2 is 1.55 bits per heavy atom.